The summed E-state index contributed by atoms with van der Waals surface area (Å²) in [6.07, 6.45) is 5.25. The number of methoxy groups -OCH3 is 1. The summed E-state index contributed by atoms with van der Waals surface area (Å²) in [5, 5.41) is 0. The highest BCUT2D eigenvalue weighted by molar-refractivity contribution is 5.79. The van der Waals surface area contributed by atoms with Crippen molar-refractivity contribution in [3.05, 3.63) is 41.0 Å². The zero-order valence-electron chi connectivity index (χ0n) is 9.83. The average Bonchev–Trinajstić information content (AvgIpc) is 2.66. The molecule has 0 amide bonds. The largest absolute Gasteiger partial charge is 0.384 e. The highest BCUT2D eigenvalue weighted by Crippen LogP contribution is 2.48. The van der Waals surface area contributed by atoms with Gasteiger partial charge < -0.3 is 4.74 Å². The van der Waals surface area contributed by atoms with Crippen molar-refractivity contribution in [3.8, 4) is 0 Å². The quantitative estimate of drug-likeness (QED) is 0.728. The molecule has 0 N–H and O–H groups in total. The van der Waals surface area contributed by atoms with E-state index in [1.54, 1.807) is 11.1 Å². The number of rotatable bonds is 2. The minimum absolute atomic E-state index is 0.538. The van der Waals surface area contributed by atoms with E-state index in [-0.39, 0.29) is 0 Å². The van der Waals surface area contributed by atoms with Gasteiger partial charge in [-0.15, -0.1) is 0 Å². The second-order valence-corrected chi connectivity index (χ2v) is 4.81. The Morgan fingerprint density at radius 3 is 2.88 bits per heavy atom. The van der Waals surface area contributed by atoms with E-state index in [1.165, 1.54) is 36.8 Å². The molecular formula is C15H18O. The molecule has 1 aromatic carbocycles. The van der Waals surface area contributed by atoms with Gasteiger partial charge in [0.1, 0.15) is 0 Å². The summed E-state index contributed by atoms with van der Waals surface area (Å²) in [6, 6.07) is 8.87. The van der Waals surface area contributed by atoms with Gasteiger partial charge in [0, 0.05) is 13.0 Å². The first kappa shape index (κ1) is 10.1. The molecule has 0 bridgehead atoms. The first-order chi connectivity index (χ1) is 7.92. The van der Waals surface area contributed by atoms with Gasteiger partial charge in [0.25, 0.3) is 0 Å². The topological polar surface area (TPSA) is 9.23 Å². The molecule has 0 fully saturated rings. The fourth-order valence-corrected chi connectivity index (χ4v) is 3.24. The molecule has 0 spiro atoms. The van der Waals surface area contributed by atoms with Crippen LogP contribution in [0.4, 0.5) is 0 Å². The molecule has 1 heteroatoms. The number of benzene rings is 1. The Bertz CT molecular complexity index is 431. The maximum atomic E-state index is 5.40. The van der Waals surface area contributed by atoms with Crippen LogP contribution in [0, 0.1) is 0 Å². The van der Waals surface area contributed by atoms with Crippen molar-refractivity contribution in [1.29, 1.82) is 0 Å². The maximum absolute atomic E-state index is 5.40. The van der Waals surface area contributed by atoms with E-state index in [0.717, 1.165) is 6.61 Å². The summed E-state index contributed by atoms with van der Waals surface area (Å²) in [5.41, 5.74) is 6.29. The Morgan fingerprint density at radius 2 is 2.00 bits per heavy atom. The van der Waals surface area contributed by atoms with Crippen LogP contribution >= 0.6 is 0 Å². The summed E-state index contributed by atoms with van der Waals surface area (Å²) in [7, 11) is 1.81. The van der Waals surface area contributed by atoms with E-state index < -0.39 is 0 Å². The van der Waals surface area contributed by atoms with Gasteiger partial charge in [-0.25, -0.2) is 0 Å². The molecule has 2 aliphatic carbocycles. The molecule has 0 aliphatic heterocycles. The number of hydrogen-bond acceptors (Lipinski definition) is 1. The number of hydrogen-bond donors (Lipinski definition) is 0. The molecule has 1 nitrogen and oxygen atoms in total. The van der Waals surface area contributed by atoms with Crippen molar-refractivity contribution in [3.63, 3.8) is 0 Å². The van der Waals surface area contributed by atoms with Gasteiger partial charge >= 0.3 is 0 Å². The summed E-state index contributed by atoms with van der Waals surface area (Å²) < 4.78 is 5.40. The van der Waals surface area contributed by atoms with E-state index in [1.807, 2.05) is 7.11 Å². The van der Waals surface area contributed by atoms with Crippen LogP contribution in [0.1, 0.15) is 42.7 Å². The van der Waals surface area contributed by atoms with Gasteiger partial charge in [0.15, 0.2) is 0 Å². The van der Waals surface area contributed by atoms with Gasteiger partial charge in [-0.3, -0.25) is 0 Å². The van der Waals surface area contributed by atoms with Crippen LogP contribution in [0.2, 0.25) is 0 Å². The Balaban J connectivity index is 2.08. The van der Waals surface area contributed by atoms with Gasteiger partial charge in [-0.2, -0.15) is 0 Å². The fourth-order valence-electron chi connectivity index (χ4n) is 3.24. The van der Waals surface area contributed by atoms with Crippen LogP contribution in [0.25, 0.3) is 5.57 Å². The van der Waals surface area contributed by atoms with E-state index >= 15 is 0 Å². The molecular weight excluding hydrogens is 196 g/mol. The summed E-state index contributed by atoms with van der Waals surface area (Å²) in [5.74, 6) is 0.538. The second kappa shape index (κ2) is 4.06. The average molecular weight is 214 g/mol. The molecule has 1 atom stereocenters. The fraction of sp³-hybridized carbons (Fsp3) is 0.467. The van der Waals surface area contributed by atoms with Crippen molar-refractivity contribution >= 4 is 5.57 Å². The smallest absolute Gasteiger partial charge is 0.0568 e. The van der Waals surface area contributed by atoms with Crippen molar-refractivity contribution in [1.82, 2.24) is 0 Å². The highest BCUT2D eigenvalue weighted by atomic mass is 16.5. The van der Waals surface area contributed by atoms with E-state index in [0.29, 0.717) is 5.92 Å². The van der Waals surface area contributed by atoms with E-state index in [4.69, 9.17) is 4.74 Å². The van der Waals surface area contributed by atoms with Crippen molar-refractivity contribution in [2.24, 2.45) is 0 Å². The molecule has 1 aromatic rings. The lowest BCUT2D eigenvalue weighted by Gasteiger charge is -2.19. The molecule has 2 aliphatic rings. The third kappa shape index (κ3) is 1.42. The summed E-state index contributed by atoms with van der Waals surface area (Å²) >= 11 is 0. The minimum atomic E-state index is 0.538. The van der Waals surface area contributed by atoms with Crippen molar-refractivity contribution < 1.29 is 4.74 Å². The van der Waals surface area contributed by atoms with Gasteiger partial charge in [0.2, 0.25) is 0 Å². The molecule has 16 heavy (non-hydrogen) atoms. The lowest BCUT2D eigenvalue weighted by Crippen LogP contribution is -2.07. The summed E-state index contributed by atoms with van der Waals surface area (Å²) in [6.45, 7) is 0.843. The standard InChI is InChI=1S/C15H18O/c1-16-10-15-13-8-4-2-6-11(13)12-7-3-5-9-14(12)15/h2,4,6,8,15H,3,5,7,9-10H2,1H3. The minimum Gasteiger partial charge on any atom is -0.384 e. The first-order valence-electron chi connectivity index (χ1n) is 6.22. The van der Waals surface area contributed by atoms with Crippen LogP contribution in [-0.2, 0) is 4.74 Å². The number of allylic oxidation sites excluding steroid dienone is 1. The molecule has 0 radical (unpaired) electrons. The third-order valence-corrected chi connectivity index (χ3v) is 3.93. The maximum Gasteiger partial charge on any atom is 0.0568 e. The zero-order valence-corrected chi connectivity index (χ0v) is 9.83. The van der Waals surface area contributed by atoms with Crippen molar-refractivity contribution in [2.75, 3.05) is 13.7 Å². The molecule has 3 rings (SSSR count). The molecule has 0 heterocycles. The Kier molecular flexibility index (Phi) is 2.56. The second-order valence-electron chi connectivity index (χ2n) is 4.81. The van der Waals surface area contributed by atoms with E-state index in [2.05, 4.69) is 24.3 Å². The van der Waals surface area contributed by atoms with Crippen molar-refractivity contribution in [2.45, 2.75) is 31.6 Å². The molecule has 1 unspecified atom stereocenters. The van der Waals surface area contributed by atoms with Crippen LogP contribution in [0.5, 0.6) is 0 Å². The predicted octanol–water partition coefficient (Wildman–Crippen LogP) is 3.76. The molecule has 84 valence electrons. The first-order valence-corrected chi connectivity index (χ1v) is 6.22. The SMILES string of the molecule is COCC1C2=C(CCCC2)c2ccccc21. The lowest BCUT2D eigenvalue weighted by atomic mass is 9.88. The summed E-state index contributed by atoms with van der Waals surface area (Å²) in [4.78, 5) is 0. The monoisotopic (exact) mass is 214 g/mol. The van der Waals surface area contributed by atoms with Crippen LogP contribution in [0.15, 0.2) is 29.8 Å². The number of ether oxygens (including phenoxy) is 1. The van der Waals surface area contributed by atoms with Gasteiger partial charge in [-0.05, 0) is 42.4 Å². The van der Waals surface area contributed by atoms with Crippen LogP contribution in [0.3, 0.4) is 0 Å². The van der Waals surface area contributed by atoms with E-state index in [9.17, 15) is 0 Å². The number of fused-ring (bicyclic) bond motifs is 2. The van der Waals surface area contributed by atoms with Gasteiger partial charge in [-0.1, -0.05) is 29.8 Å². The van der Waals surface area contributed by atoms with Crippen LogP contribution < -0.4 is 0 Å². The Morgan fingerprint density at radius 1 is 1.19 bits per heavy atom. The molecule has 0 saturated heterocycles. The predicted molar refractivity (Wildman–Crippen MR) is 66.4 cm³/mol. The van der Waals surface area contributed by atoms with Crippen LogP contribution in [-0.4, -0.2) is 13.7 Å². The molecule has 0 aromatic heterocycles. The normalized spacial score (nSPS) is 23.2. The Labute approximate surface area is 97.1 Å². The molecule has 0 saturated carbocycles. The third-order valence-electron chi connectivity index (χ3n) is 3.93. The zero-order chi connectivity index (χ0) is 11.0. The Hall–Kier alpha value is -1.08. The highest BCUT2D eigenvalue weighted by Gasteiger charge is 2.31. The van der Waals surface area contributed by atoms with Gasteiger partial charge in [0.05, 0.1) is 6.61 Å². The lowest BCUT2D eigenvalue weighted by molar-refractivity contribution is 0.188.